The van der Waals surface area contributed by atoms with Gasteiger partial charge in [0.25, 0.3) is 0 Å². The van der Waals surface area contributed by atoms with E-state index in [0.29, 0.717) is 6.04 Å². The lowest BCUT2D eigenvalue weighted by Crippen LogP contribution is -2.06. The Labute approximate surface area is 132 Å². The van der Waals surface area contributed by atoms with Crippen LogP contribution in [0, 0.1) is 0 Å². The summed E-state index contributed by atoms with van der Waals surface area (Å²) in [5.41, 5.74) is 4.66. The second kappa shape index (κ2) is 5.20. The summed E-state index contributed by atoms with van der Waals surface area (Å²) in [6, 6.07) is 12.8. The van der Waals surface area contributed by atoms with Crippen molar-refractivity contribution < 1.29 is 0 Å². The maximum Gasteiger partial charge on any atom is 0.0934 e. The number of benzene rings is 1. The highest BCUT2D eigenvalue weighted by molar-refractivity contribution is 7.16. The van der Waals surface area contributed by atoms with Crippen LogP contribution in [0.15, 0.2) is 42.6 Å². The Morgan fingerprint density at radius 3 is 3.10 bits per heavy atom. The van der Waals surface area contributed by atoms with Gasteiger partial charge in [-0.3, -0.25) is 5.10 Å². The molecule has 3 aromatic rings. The average molecular weight is 316 g/mol. The maximum atomic E-state index is 6.12. The fraction of sp³-hybridized carbons (Fsp3) is 0.188. The zero-order valence-corrected chi connectivity index (χ0v) is 12.8. The molecule has 2 aromatic heterocycles. The Morgan fingerprint density at radius 1 is 1.29 bits per heavy atom. The van der Waals surface area contributed by atoms with Crippen LogP contribution in [-0.2, 0) is 6.42 Å². The number of fused-ring (bicyclic) bond motifs is 1. The highest BCUT2D eigenvalue weighted by Crippen LogP contribution is 2.41. The third kappa shape index (κ3) is 2.45. The van der Waals surface area contributed by atoms with E-state index < -0.39 is 0 Å². The standard InChI is InChI=1S/C16H14ClN3S/c17-16-9-12-14(4-5-15(12)21-16)19-11-3-1-2-10(8-11)13-6-7-18-20-13/h1-3,6-9,14,19H,4-5H2,(H,18,20). The molecule has 2 heterocycles. The second-order valence-corrected chi connectivity index (χ2v) is 6.98. The summed E-state index contributed by atoms with van der Waals surface area (Å²) in [4.78, 5) is 1.42. The van der Waals surface area contributed by atoms with E-state index in [0.717, 1.165) is 34.1 Å². The fourth-order valence-corrected chi connectivity index (χ4v) is 4.23. The Hall–Kier alpha value is -1.78. The van der Waals surface area contributed by atoms with E-state index in [2.05, 4.69) is 45.8 Å². The van der Waals surface area contributed by atoms with E-state index >= 15 is 0 Å². The number of hydrogen-bond acceptors (Lipinski definition) is 3. The van der Waals surface area contributed by atoms with Gasteiger partial charge in [-0.05, 0) is 42.7 Å². The lowest BCUT2D eigenvalue weighted by Gasteiger charge is -2.15. The molecule has 0 aliphatic heterocycles. The van der Waals surface area contributed by atoms with E-state index in [4.69, 9.17) is 11.6 Å². The number of H-pyrrole nitrogens is 1. The third-order valence-corrected chi connectivity index (χ3v) is 5.20. The molecule has 0 radical (unpaired) electrons. The number of nitrogens with one attached hydrogen (secondary N) is 2. The van der Waals surface area contributed by atoms with Crippen LogP contribution in [0.5, 0.6) is 0 Å². The van der Waals surface area contributed by atoms with Crippen LogP contribution >= 0.6 is 22.9 Å². The monoisotopic (exact) mass is 315 g/mol. The third-order valence-electron chi connectivity index (χ3n) is 3.86. The van der Waals surface area contributed by atoms with E-state index in [9.17, 15) is 0 Å². The number of halogens is 1. The lowest BCUT2D eigenvalue weighted by molar-refractivity contribution is 0.762. The molecule has 5 heteroatoms. The van der Waals surface area contributed by atoms with Crippen LogP contribution in [0.2, 0.25) is 4.34 Å². The minimum absolute atomic E-state index is 0.362. The fourth-order valence-electron chi connectivity index (χ4n) is 2.87. The number of nitrogens with zero attached hydrogens (tertiary/aromatic N) is 1. The van der Waals surface area contributed by atoms with Crippen LogP contribution in [0.25, 0.3) is 11.3 Å². The molecule has 0 bridgehead atoms. The summed E-state index contributed by atoms with van der Waals surface area (Å²) in [5, 5.41) is 10.6. The van der Waals surface area contributed by atoms with Crippen molar-refractivity contribution in [1.82, 2.24) is 10.2 Å². The van der Waals surface area contributed by atoms with Gasteiger partial charge in [0.1, 0.15) is 0 Å². The topological polar surface area (TPSA) is 40.7 Å². The van der Waals surface area contributed by atoms with Crippen molar-refractivity contribution in [3.63, 3.8) is 0 Å². The molecule has 4 rings (SSSR count). The summed E-state index contributed by atoms with van der Waals surface area (Å²) in [5.74, 6) is 0. The van der Waals surface area contributed by atoms with Gasteiger partial charge in [0.15, 0.2) is 0 Å². The van der Waals surface area contributed by atoms with Gasteiger partial charge < -0.3 is 5.32 Å². The molecule has 1 aromatic carbocycles. The minimum Gasteiger partial charge on any atom is -0.378 e. The molecule has 1 aliphatic rings. The molecule has 21 heavy (non-hydrogen) atoms. The summed E-state index contributed by atoms with van der Waals surface area (Å²) < 4.78 is 0.887. The molecule has 106 valence electrons. The van der Waals surface area contributed by atoms with E-state index in [-0.39, 0.29) is 0 Å². The first-order valence-corrected chi connectivity index (χ1v) is 8.13. The summed E-state index contributed by atoms with van der Waals surface area (Å²) in [7, 11) is 0. The van der Waals surface area contributed by atoms with Gasteiger partial charge in [0.05, 0.1) is 16.1 Å². The van der Waals surface area contributed by atoms with Gasteiger partial charge in [-0.1, -0.05) is 23.7 Å². The van der Waals surface area contributed by atoms with Gasteiger partial charge in [-0.25, -0.2) is 0 Å². The van der Waals surface area contributed by atoms with Crippen molar-refractivity contribution in [3.8, 4) is 11.3 Å². The zero-order chi connectivity index (χ0) is 14.2. The zero-order valence-electron chi connectivity index (χ0n) is 11.3. The van der Waals surface area contributed by atoms with Crippen LogP contribution in [0.4, 0.5) is 5.69 Å². The smallest absolute Gasteiger partial charge is 0.0934 e. The van der Waals surface area contributed by atoms with E-state index in [1.807, 2.05) is 6.07 Å². The first-order valence-electron chi connectivity index (χ1n) is 6.94. The first-order chi connectivity index (χ1) is 10.3. The molecule has 2 N–H and O–H groups in total. The van der Waals surface area contributed by atoms with Gasteiger partial charge in [-0.15, -0.1) is 11.3 Å². The largest absolute Gasteiger partial charge is 0.378 e. The molecule has 0 amide bonds. The molecule has 1 atom stereocenters. The molecule has 1 unspecified atom stereocenters. The first kappa shape index (κ1) is 12.9. The Balaban J connectivity index is 1.59. The molecule has 3 nitrogen and oxygen atoms in total. The average Bonchev–Trinajstić information content (AvgIpc) is 3.18. The second-order valence-electron chi connectivity index (χ2n) is 5.22. The summed E-state index contributed by atoms with van der Waals surface area (Å²) >= 11 is 7.82. The highest BCUT2D eigenvalue weighted by Gasteiger charge is 2.24. The van der Waals surface area contributed by atoms with Crippen LogP contribution < -0.4 is 5.32 Å². The molecular formula is C16H14ClN3S. The Morgan fingerprint density at radius 2 is 2.24 bits per heavy atom. The van der Waals surface area contributed by atoms with Crippen LogP contribution in [0.1, 0.15) is 22.9 Å². The number of aromatic amines is 1. The number of anilines is 1. The predicted octanol–water partition coefficient (Wildman–Crippen LogP) is 4.89. The van der Waals surface area contributed by atoms with Crippen molar-refractivity contribution in [1.29, 1.82) is 0 Å². The number of rotatable bonds is 3. The van der Waals surface area contributed by atoms with Crippen molar-refractivity contribution in [3.05, 3.63) is 57.4 Å². The van der Waals surface area contributed by atoms with E-state index in [1.54, 1.807) is 17.5 Å². The molecular weight excluding hydrogens is 302 g/mol. The maximum absolute atomic E-state index is 6.12. The van der Waals surface area contributed by atoms with Gasteiger partial charge in [0.2, 0.25) is 0 Å². The molecule has 0 spiro atoms. The lowest BCUT2D eigenvalue weighted by atomic mass is 10.1. The quantitative estimate of drug-likeness (QED) is 0.722. The van der Waals surface area contributed by atoms with Gasteiger partial charge in [0, 0.05) is 22.3 Å². The molecule has 0 saturated heterocycles. The number of aromatic nitrogens is 2. The van der Waals surface area contributed by atoms with Crippen molar-refractivity contribution in [2.45, 2.75) is 18.9 Å². The Kier molecular flexibility index (Phi) is 3.20. The highest BCUT2D eigenvalue weighted by atomic mass is 35.5. The van der Waals surface area contributed by atoms with Crippen molar-refractivity contribution in [2.75, 3.05) is 5.32 Å². The SMILES string of the molecule is Clc1cc2c(s1)CCC2Nc1cccc(-c2ccn[nH]2)c1. The summed E-state index contributed by atoms with van der Waals surface area (Å²) in [6.45, 7) is 0. The minimum atomic E-state index is 0.362. The van der Waals surface area contributed by atoms with E-state index in [1.165, 1.54) is 10.4 Å². The molecule has 0 fully saturated rings. The van der Waals surface area contributed by atoms with Crippen LogP contribution in [-0.4, -0.2) is 10.2 Å². The molecule has 1 aliphatic carbocycles. The van der Waals surface area contributed by atoms with Gasteiger partial charge >= 0.3 is 0 Å². The molecule has 0 saturated carbocycles. The summed E-state index contributed by atoms with van der Waals surface area (Å²) in [6.07, 6.45) is 4.02. The number of aryl methyl sites for hydroxylation is 1. The predicted molar refractivity (Wildman–Crippen MR) is 88.0 cm³/mol. The van der Waals surface area contributed by atoms with Crippen molar-refractivity contribution >= 4 is 28.6 Å². The van der Waals surface area contributed by atoms with Crippen LogP contribution in [0.3, 0.4) is 0 Å². The normalized spacial score (nSPS) is 16.9. The van der Waals surface area contributed by atoms with Gasteiger partial charge in [-0.2, -0.15) is 5.10 Å². The van der Waals surface area contributed by atoms with Crippen molar-refractivity contribution in [2.24, 2.45) is 0 Å². The number of thiophene rings is 1. The Bertz CT molecular complexity index is 764. The number of hydrogen-bond donors (Lipinski definition) is 2.